The molecule has 1 saturated heterocycles. The Morgan fingerprint density at radius 1 is 1.04 bits per heavy atom. The van der Waals surface area contributed by atoms with Crippen LogP contribution in [0.5, 0.6) is 0 Å². The Labute approximate surface area is 167 Å². The summed E-state index contributed by atoms with van der Waals surface area (Å²) in [4.78, 5) is 2.69. The number of nitriles is 1. The third-order valence-electron chi connectivity index (χ3n) is 7.25. The number of rotatable bonds is 8. The molecule has 1 aliphatic heterocycles. The van der Waals surface area contributed by atoms with E-state index >= 15 is 0 Å². The fourth-order valence-corrected chi connectivity index (χ4v) is 4.59. The van der Waals surface area contributed by atoms with Crippen LogP contribution in [0, 0.1) is 46.3 Å². The van der Waals surface area contributed by atoms with Gasteiger partial charge in [-0.15, -0.1) is 0 Å². The Morgan fingerprint density at radius 3 is 2.26 bits per heavy atom. The molecule has 2 nitrogen and oxygen atoms in total. The van der Waals surface area contributed by atoms with E-state index in [4.69, 9.17) is 5.26 Å². The van der Waals surface area contributed by atoms with Crippen molar-refractivity contribution in [2.45, 2.75) is 60.3 Å². The zero-order chi connectivity index (χ0) is 19.6. The predicted molar refractivity (Wildman–Crippen MR) is 113 cm³/mol. The molecule has 1 saturated carbocycles. The summed E-state index contributed by atoms with van der Waals surface area (Å²) >= 11 is 0. The van der Waals surface area contributed by atoms with Gasteiger partial charge in [-0.05, 0) is 65.4 Å². The van der Waals surface area contributed by atoms with Gasteiger partial charge in [0, 0.05) is 19.6 Å². The van der Waals surface area contributed by atoms with Crippen molar-refractivity contribution >= 4 is 0 Å². The van der Waals surface area contributed by atoms with E-state index in [1.807, 2.05) is 0 Å². The lowest BCUT2D eigenvalue weighted by Gasteiger charge is -2.46. The van der Waals surface area contributed by atoms with Crippen molar-refractivity contribution in [3.05, 3.63) is 35.4 Å². The van der Waals surface area contributed by atoms with Crippen LogP contribution in [0.25, 0.3) is 0 Å². The van der Waals surface area contributed by atoms with E-state index in [2.05, 4.69) is 69.9 Å². The van der Waals surface area contributed by atoms with Gasteiger partial charge in [-0.3, -0.25) is 0 Å². The zero-order valence-corrected chi connectivity index (χ0v) is 18.0. The second-order valence-corrected chi connectivity index (χ2v) is 10.6. The van der Waals surface area contributed by atoms with Crippen molar-refractivity contribution in [3.63, 3.8) is 0 Å². The van der Waals surface area contributed by atoms with E-state index in [1.165, 1.54) is 38.0 Å². The first-order chi connectivity index (χ1) is 12.8. The fraction of sp³-hybridized carbons (Fsp3) is 0.720. The normalized spacial score (nSPS) is 25.5. The molecule has 1 heterocycles. The van der Waals surface area contributed by atoms with Crippen molar-refractivity contribution in [1.82, 2.24) is 4.90 Å². The van der Waals surface area contributed by atoms with E-state index in [1.54, 1.807) is 0 Å². The highest BCUT2D eigenvalue weighted by Gasteiger charge is 2.43. The third kappa shape index (κ3) is 5.58. The summed E-state index contributed by atoms with van der Waals surface area (Å²) < 4.78 is 0. The molecule has 2 heteroatoms. The first kappa shape index (κ1) is 20.4. The van der Waals surface area contributed by atoms with Crippen LogP contribution in [0.2, 0.25) is 0 Å². The molecule has 0 radical (unpaired) electrons. The maximum atomic E-state index is 8.79. The molecule has 4 atom stereocenters. The minimum atomic E-state index is 0.482. The van der Waals surface area contributed by atoms with Crippen LogP contribution in [0.3, 0.4) is 0 Å². The molecule has 0 spiro atoms. The van der Waals surface area contributed by atoms with E-state index < -0.39 is 0 Å². The lowest BCUT2D eigenvalue weighted by Crippen LogP contribution is -2.52. The van der Waals surface area contributed by atoms with Crippen LogP contribution in [0.1, 0.15) is 58.6 Å². The lowest BCUT2D eigenvalue weighted by atomic mass is 9.76. The van der Waals surface area contributed by atoms with Gasteiger partial charge >= 0.3 is 0 Å². The van der Waals surface area contributed by atoms with Gasteiger partial charge in [-0.25, -0.2) is 0 Å². The minimum Gasteiger partial charge on any atom is -0.302 e. The quantitative estimate of drug-likeness (QED) is 0.601. The number of hydrogen-bond donors (Lipinski definition) is 0. The second-order valence-electron chi connectivity index (χ2n) is 10.6. The number of likely N-dealkylation sites (tertiary alicyclic amines) is 1. The Hall–Kier alpha value is -1.33. The van der Waals surface area contributed by atoms with Crippen LogP contribution >= 0.6 is 0 Å². The molecule has 2 aliphatic rings. The lowest BCUT2D eigenvalue weighted by molar-refractivity contribution is 0.0204. The summed E-state index contributed by atoms with van der Waals surface area (Å²) in [6, 6.07) is 10.9. The molecule has 27 heavy (non-hydrogen) atoms. The van der Waals surface area contributed by atoms with Crippen molar-refractivity contribution in [2.24, 2.45) is 35.0 Å². The van der Waals surface area contributed by atoms with Crippen molar-refractivity contribution < 1.29 is 0 Å². The monoisotopic (exact) mass is 366 g/mol. The highest BCUT2D eigenvalue weighted by atomic mass is 15.2. The summed E-state index contributed by atoms with van der Waals surface area (Å²) in [6.07, 6.45) is 4.53. The van der Waals surface area contributed by atoms with Crippen LogP contribution in [0.4, 0.5) is 0 Å². The zero-order valence-electron chi connectivity index (χ0n) is 18.0. The molecule has 2 fully saturated rings. The molecule has 0 bridgehead atoms. The smallest absolute Gasteiger partial charge is 0.0669 e. The summed E-state index contributed by atoms with van der Waals surface area (Å²) in [6.45, 7) is 16.0. The average Bonchev–Trinajstić information content (AvgIpc) is 3.29. The van der Waals surface area contributed by atoms with Gasteiger partial charge in [0.2, 0.25) is 0 Å². The summed E-state index contributed by atoms with van der Waals surface area (Å²) in [5.41, 5.74) is 3.02. The Morgan fingerprint density at radius 2 is 1.67 bits per heavy atom. The van der Waals surface area contributed by atoms with E-state index in [0.29, 0.717) is 11.8 Å². The highest BCUT2D eigenvalue weighted by molar-refractivity contribution is 5.24. The molecular weight excluding hydrogens is 328 g/mol. The fourth-order valence-electron chi connectivity index (χ4n) is 4.59. The SMILES string of the molecule is C[C@@H](Cc1ccc(CC#N)cc1)[C@@H](C)CC1CC1CN1CC(C(C)(C)C)C1. The summed E-state index contributed by atoms with van der Waals surface area (Å²) in [7, 11) is 0. The maximum Gasteiger partial charge on any atom is 0.0669 e. The number of hydrogen-bond acceptors (Lipinski definition) is 2. The topological polar surface area (TPSA) is 27.0 Å². The Kier molecular flexibility index (Phi) is 6.32. The molecule has 0 aromatic heterocycles. The van der Waals surface area contributed by atoms with Crippen LogP contribution in [0.15, 0.2) is 24.3 Å². The molecule has 1 aromatic rings. The highest BCUT2D eigenvalue weighted by Crippen LogP contribution is 2.46. The van der Waals surface area contributed by atoms with E-state index in [0.717, 1.165) is 41.6 Å². The van der Waals surface area contributed by atoms with Crippen molar-refractivity contribution in [2.75, 3.05) is 19.6 Å². The second kappa shape index (κ2) is 8.36. The maximum absolute atomic E-state index is 8.79. The predicted octanol–water partition coefficient (Wildman–Crippen LogP) is 5.57. The first-order valence-electron chi connectivity index (χ1n) is 10.9. The molecule has 148 valence electrons. The minimum absolute atomic E-state index is 0.482. The van der Waals surface area contributed by atoms with Crippen molar-refractivity contribution in [3.8, 4) is 6.07 Å². The number of benzene rings is 1. The van der Waals surface area contributed by atoms with Gasteiger partial charge in [-0.2, -0.15) is 5.26 Å². The average molecular weight is 367 g/mol. The molecule has 1 aliphatic carbocycles. The number of nitrogens with zero attached hydrogens (tertiary/aromatic N) is 2. The summed E-state index contributed by atoms with van der Waals surface area (Å²) in [5.74, 6) is 4.34. The van der Waals surface area contributed by atoms with E-state index in [-0.39, 0.29) is 0 Å². The molecule has 2 unspecified atom stereocenters. The van der Waals surface area contributed by atoms with Crippen LogP contribution in [-0.4, -0.2) is 24.5 Å². The van der Waals surface area contributed by atoms with Gasteiger partial charge in [0.1, 0.15) is 0 Å². The van der Waals surface area contributed by atoms with Crippen LogP contribution in [-0.2, 0) is 12.8 Å². The van der Waals surface area contributed by atoms with Gasteiger partial charge in [0.25, 0.3) is 0 Å². The van der Waals surface area contributed by atoms with Gasteiger partial charge in [0.05, 0.1) is 12.5 Å². The van der Waals surface area contributed by atoms with Crippen molar-refractivity contribution in [1.29, 1.82) is 5.26 Å². The molecule has 0 N–H and O–H groups in total. The third-order valence-corrected chi connectivity index (χ3v) is 7.25. The van der Waals surface area contributed by atoms with Gasteiger partial charge in [-0.1, -0.05) is 58.9 Å². The van der Waals surface area contributed by atoms with Gasteiger partial charge in [0.15, 0.2) is 0 Å². The van der Waals surface area contributed by atoms with Gasteiger partial charge < -0.3 is 4.90 Å². The molecule has 0 amide bonds. The Bertz CT molecular complexity index is 642. The molecular formula is C25H38N2. The Balaban J connectivity index is 1.36. The molecule has 1 aromatic carbocycles. The summed E-state index contributed by atoms with van der Waals surface area (Å²) in [5, 5.41) is 8.79. The molecule has 3 rings (SSSR count). The first-order valence-corrected chi connectivity index (χ1v) is 10.9. The standard InChI is InChI=1S/C25H38N2/c1-18(12-21-8-6-20(7-9-21)10-11-26)19(2)13-22-14-23(22)15-27-16-24(17-27)25(3,4)5/h6-9,18-19,22-24H,10,12-17H2,1-5H3/t18-,19-,22?,23?/m0/s1. The van der Waals surface area contributed by atoms with Crippen LogP contribution < -0.4 is 0 Å². The van der Waals surface area contributed by atoms with E-state index in [9.17, 15) is 0 Å². The largest absolute Gasteiger partial charge is 0.302 e.